The molecule has 0 bridgehead atoms. The van der Waals surface area contributed by atoms with Gasteiger partial charge in [0.1, 0.15) is 0 Å². The maximum atomic E-state index is 3.60. The molecule has 1 fully saturated rings. The lowest BCUT2D eigenvalue weighted by Gasteiger charge is -2.35. The van der Waals surface area contributed by atoms with Crippen molar-refractivity contribution in [3.63, 3.8) is 0 Å². The summed E-state index contributed by atoms with van der Waals surface area (Å²) < 4.78 is 0. The van der Waals surface area contributed by atoms with Gasteiger partial charge in [0, 0.05) is 38.1 Å². The molecule has 0 N–H and O–H groups in total. The number of piperazine rings is 1. The van der Waals surface area contributed by atoms with Gasteiger partial charge in [0.25, 0.3) is 0 Å². The van der Waals surface area contributed by atoms with Crippen LogP contribution in [0.15, 0.2) is 48.8 Å². The normalized spacial score (nSPS) is 16.0. The van der Waals surface area contributed by atoms with Crippen LogP contribution < -0.4 is 4.90 Å². The van der Waals surface area contributed by atoms with Crippen molar-refractivity contribution in [2.75, 3.05) is 31.1 Å². The third kappa shape index (κ3) is 2.42. The van der Waals surface area contributed by atoms with Gasteiger partial charge in [0.05, 0.1) is 0 Å². The van der Waals surface area contributed by atoms with E-state index in [1.165, 1.54) is 5.69 Å². The zero-order valence-corrected chi connectivity index (χ0v) is 8.89. The van der Waals surface area contributed by atoms with Crippen molar-refractivity contribution in [3.8, 4) is 0 Å². The number of rotatable bonds is 2. The summed E-state index contributed by atoms with van der Waals surface area (Å²) >= 11 is 0. The first-order valence-corrected chi connectivity index (χ1v) is 5.30. The lowest BCUT2D eigenvalue weighted by Crippen LogP contribution is -2.43. The van der Waals surface area contributed by atoms with E-state index in [1.807, 2.05) is 6.20 Å². The Labute approximate surface area is 91.1 Å². The first-order valence-electron chi connectivity index (χ1n) is 5.30. The molecule has 1 aliphatic rings. The maximum absolute atomic E-state index is 3.60. The molecule has 1 aliphatic heterocycles. The minimum Gasteiger partial charge on any atom is -0.368 e. The Kier molecular flexibility index (Phi) is 3.11. The van der Waals surface area contributed by atoms with Gasteiger partial charge in [-0.2, -0.15) is 0 Å². The topological polar surface area (TPSA) is 6.48 Å². The van der Waals surface area contributed by atoms with E-state index in [4.69, 9.17) is 0 Å². The summed E-state index contributed by atoms with van der Waals surface area (Å²) in [5.74, 6) is 0. The van der Waals surface area contributed by atoms with Crippen molar-refractivity contribution >= 4 is 5.69 Å². The number of para-hydroxylation sites is 1. The van der Waals surface area contributed by atoms with Crippen LogP contribution in [0.4, 0.5) is 5.69 Å². The van der Waals surface area contributed by atoms with E-state index in [0.717, 1.165) is 26.2 Å². The summed E-state index contributed by atoms with van der Waals surface area (Å²) in [5.41, 5.74) is 4.14. The van der Waals surface area contributed by atoms with Gasteiger partial charge in [0.2, 0.25) is 0 Å². The molecule has 2 nitrogen and oxygen atoms in total. The molecule has 0 spiro atoms. The van der Waals surface area contributed by atoms with Gasteiger partial charge in [-0.05, 0) is 12.1 Å². The fourth-order valence-corrected chi connectivity index (χ4v) is 1.88. The van der Waals surface area contributed by atoms with Crippen LogP contribution in [0.3, 0.4) is 0 Å². The third-order valence-electron chi connectivity index (χ3n) is 2.71. The quantitative estimate of drug-likeness (QED) is 0.675. The molecule has 1 heterocycles. The van der Waals surface area contributed by atoms with Gasteiger partial charge in [0.15, 0.2) is 0 Å². The summed E-state index contributed by atoms with van der Waals surface area (Å²) in [5, 5.41) is 0. The van der Waals surface area contributed by atoms with Crippen molar-refractivity contribution in [3.05, 3.63) is 48.8 Å². The lowest BCUT2D eigenvalue weighted by molar-refractivity contribution is 0.349. The SMILES string of the molecule is C=C=CN1CCN(c2ccccc2)CC1. The molecule has 0 unspecified atom stereocenters. The van der Waals surface area contributed by atoms with Gasteiger partial charge < -0.3 is 9.80 Å². The molecule has 0 aromatic heterocycles. The number of benzene rings is 1. The van der Waals surface area contributed by atoms with Crippen molar-refractivity contribution in [2.45, 2.75) is 0 Å². The van der Waals surface area contributed by atoms with Gasteiger partial charge >= 0.3 is 0 Å². The Hall–Kier alpha value is -1.66. The average molecular weight is 200 g/mol. The molecule has 78 valence electrons. The monoisotopic (exact) mass is 200 g/mol. The Balaban J connectivity index is 1.97. The van der Waals surface area contributed by atoms with E-state index in [-0.39, 0.29) is 0 Å². The van der Waals surface area contributed by atoms with Crippen molar-refractivity contribution in [1.82, 2.24) is 4.90 Å². The number of hydrogen-bond donors (Lipinski definition) is 0. The summed E-state index contributed by atoms with van der Waals surface area (Å²) in [7, 11) is 0. The van der Waals surface area contributed by atoms with E-state index in [9.17, 15) is 0 Å². The highest BCUT2D eigenvalue weighted by Crippen LogP contribution is 2.15. The largest absolute Gasteiger partial charge is 0.368 e. The molecular weight excluding hydrogens is 184 g/mol. The molecule has 1 aromatic rings. The van der Waals surface area contributed by atoms with Crippen molar-refractivity contribution in [1.29, 1.82) is 0 Å². The predicted octanol–water partition coefficient (Wildman–Crippen LogP) is 2.11. The van der Waals surface area contributed by atoms with E-state index in [0.29, 0.717) is 0 Å². The van der Waals surface area contributed by atoms with Gasteiger partial charge in [-0.1, -0.05) is 24.8 Å². The number of anilines is 1. The zero-order chi connectivity index (χ0) is 10.5. The zero-order valence-electron chi connectivity index (χ0n) is 8.89. The average Bonchev–Trinajstić information content (AvgIpc) is 2.32. The van der Waals surface area contributed by atoms with Gasteiger partial charge in [-0.15, -0.1) is 5.73 Å². The molecule has 2 heteroatoms. The van der Waals surface area contributed by atoms with E-state index in [2.05, 4.69) is 52.4 Å². The Morgan fingerprint density at radius 1 is 1.07 bits per heavy atom. The van der Waals surface area contributed by atoms with E-state index >= 15 is 0 Å². The molecular formula is C13H16N2. The molecule has 0 aliphatic carbocycles. The van der Waals surface area contributed by atoms with Crippen LogP contribution >= 0.6 is 0 Å². The molecule has 0 radical (unpaired) electrons. The fraction of sp³-hybridized carbons (Fsp3) is 0.308. The highest BCUT2D eigenvalue weighted by molar-refractivity contribution is 5.46. The molecule has 15 heavy (non-hydrogen) atoms. The molecule has 0 atom stereocenters. The van der Waals surface area contributed by atoms with Crippen molar-refractivity contribution in [2.24, 2.45) is 0 Å². The molecule has 1 aromatic carbocycles. The fourth-order valence-electron chi connectivity index (χ4n) is 1.88. The Morgan fingerprint density at radius 3 is 2.33 bits per heavy atom. The first-order chi connectivity index (χ1) is 7.40. The van der Waals surface area contributed by atoms with Crippen LogP contribution in [-0.2, 0) is 0 Å². The van der Waals surface area contributed by atoms with E-state index in [1.54, 1.807) is 0 Å². The van der Waals surface area contributed by atoms with Crippen molar-refractivity contribution < 1.29 is 0 Å². The number of nitrogens with zero attached hydrogens (tertiary/aromatic N) is 2. The van der Waals surface area contributed by atoms with Crippen LogP contribution in [0.25, 0.3) is 0 Å². The first kappa shape index (κ1) is 9.88. The Morgan fingerprint density at radius 2 is 1.73 bits per heavy atom. The predicted molar refractivity (Wildman–Crippen MR) is 63.9 cm³/mol. The second-order valence-corrected chi connectivity index (χ2v) is 3.69. The highest BCUT2D eigenvalue weighted by atomic mass is 15.2. The van der Waals surface area contributed by atoms with Gasteiger partial charge in [-0.25, -0.2) is 0 Å². The van der Waals surface area contributed by atoms with Crippen LogP contribution in [0.5, 0.6) is 0 Å². The van der Waals surface area contributed by atoms with Crippen LogP contribution in [-0.4, -0.2) is 31.1 Å². The molecule has 0 amide bonds. The Bertz CT molecular complexity index is 344. The third-order valence-corrected chi connectivity index (χ3v) is 2.71. The second kappa shape index (κ2) is 4.72. The highest BCUT2D eigenvalue weighted by Gasteiger charge is 2.13. The number of hydrogen-bond acceptors (Lipinski definition) is 2. The van der Waals surface area contributed by atoms with Crippen LogP contribution in [0.2, 0.25) is 0 Å². The standard InChI is InChI=1S/C13H16N2/c1-2-8-14-9-11-15(12-10-14)13-6-4-3-5-7-13/h3-8H,1,9-12H2. The molecule has 2 rings (SSSR count). The summed E-state index contributed by atoms with van der Waals surface area (Å²) in [6, 6.07) is 10.6. The summed E-state index contributed by atoms with van der Waals surface area (Å²) in [6.07, 6.45) is 1.95. The minimum atomic E-state index is 1.05. The van der Waals surface area contributed by atoms with E-state index < -0.39 is 0 Å². The molecule has 0 saturated carbocycles. The van der Waals surface area contributed by atoms with Gasteiger partial charge in [-0.3, -0.25) is 0 Å². The maximum Gasteiger partial charge on any atom is 0.0418 e. The lowest BCUT2D eigenvalue weighted by atomic mass is 10.2. The smallest absolute Gasteiger partial charge is 0.0418 e. The molecule has 1 saturated heterocycles. The summed E-state index contributed by atoms with van der Waals surface area (Å²) in [4.78, 5) is 4.67. The van der Waals surface area contributed by atoms with Crippen LogP contribution in [0, 0.1) is 0 Å². The second-order valence-electron chi connectivity index (χ2n) is 3.69. The van der Waals surface area contributed by atoms with Crippen LogP contribution in [0.1, 0.15) is 0 Å². The summed E-state index contributed by atoms with van der Waals surface area (Å²) in [6.45, 7) is 7.85. The minimum absolute atomic E-state index is 1.05.